The number of nitrogens with one attached hydrogen (secondary N) is 3. The summed E-state index contributed by atoms with van der Waals surface area (Å²) in [5.74, 6) is -0.120. The first-order valence-electron chi connectivity index (χ1n) is 7.57. The first-order valence-corrected chi connectivity index (χ1v) is 8.38. The SMILES string of the molecule is Cc1n[nH]c(C)c1Sc1ccccc1NC(=O)C1CNCCO1.Cl. The van der Waals surface area contributed by atoms with E-state index >= 15 is 0 Å². The molecule has 1 unspecified atom stereocenters. The van der Waals surface area contributed by atoms with Gasteiger partial charge in [0.1, 0.15) is 6.10 Å². The zero-order valence-electron chi connectivity index (χ0n) is 13.6. The lowest BCUT2D eigenvalue weighted by atomic mass is 10.2. The third-order valence-electron chi connectivity index (χ3n) is 3.64. The highest BCUT2D eigenvalue weighted by Gasteiger charge is 2.22. The number of hydrogen-bond donors (Lipinski definition) is 3. The second kappa shape index (κ2) is 8.53. The van der Waals surface area contributed by atoms with E-state index in [4.69, 9.17) is 4.74 Å². The molecule has 0 spiro atoms. The predicted molar refractivity (Wildman–Crippen MR) is 97.1 cm³/mol. The lowest BCUT2D eigenvalue weighted by molar-refractivity contribution is -0.128. The second-order valence-corrected chi connectivity index (χ2v) is 6.47. The minimum absolute atomic E-state index is 0. The lowest BCUT2D eigenvalue weighted by Gasteiger charge is -2.23. The molecule has 2 heterocycles. The van der Waals surface area contributed by atoms with Crippen LogP contribution in [0, 0.1) is 13.8 Å². The molecule has 8 heteroatoms. The van der Waals surface area contributed by atoms with E-state index in [0.717, 1.165) is 33.4 Å². The molecule has 3 N–H and O–H groups in total. The summed E-state index contributed by atoms with van der Waals surface area (Å²) in [6.07, 6.45) is -0.445. The van der Waals surface area contributed by atoms with Gasteiger partial charge in [-0.05, 0) is 26.0 Å². The number of H-pyrrole nitrogens is 1. The van der Waals surface area contributed by atoms with Crippen molar-refractivity contribution < 1.29 is 9.53 Å². The average Bonchev–Trinajstić information content (AvgIpc) is 2.89. The number of hydrogen-bond acceptors (Lipinski definition) is 5. The van der Waals surface area contributed by atoms with E-state index in [1.807, 2.05) is 38.1 Å². The van der Waals surface area contributed by atoms with E-state index in [1.165, 1.54) is 0 Å². The van der Waals surface area contributed by atoms with Crippen molar-refractivity contribution in [3.8, 4) is 0 Å². The minimum atomic E-state index is -0.445. The Bertz CT molecular complexity index is 682. The third kappa shape index (κ3) is 4.30. The molecule has 1 aliphatic heterocycles. The smallest absolute Gasteiger partial charge is 0.254 e. The van der Waals surface area contributed by atoms with E-state index < -0.39 is 6.10 Å². The Hall–Kier alpha value is -1.54. The van der Waals surface area contributed by atoms with Gasteiger partial charge in [-0.1, -0.05) is 23.9 Å². The van der Waals surface area contributed by atoms with Gasteiger partial charge in [-0.2, -0.15) is 5.10 Å². The topological polar surface area (TPSA) is 79.0 Å². The molecule has 1 atom stereocenters. The summed E-state index contributed by atoms with van der Waals surface area (Å²) in [5.41, 5.74) is 2.76. The van der Waals surface area contributed by atoms with Crippen LogP contribution in [0.15, 0.2) is 34.1 Å². The third-order valence-corrected chi connectivity index (χ3v) is 5.02. The molecular formula is C16H21ClN4O2S. The van der Waals surface area contributed by atoms with Crippen molar-refractivity contribution in [3.05, 3.63) is 35.7 Å². The van der Waals surface area contributed by atoms with Crippen LogP contribution in [0.5, 0.6) is 0 Å². The predicted octanol–water partition coefficient (Wildman–Crippen LogP) is 2.53. The summed E-state index contributed by atoms with van der Waals surface area (Å²) < 4.78 is 5.50. The van der Waals surface area contributed by atoms with E-state index in [-0.39, 0.29) is 18.3 Å². The number of carbonyl (C=O) groups is 1. The molecule has 0 aliphatic carbocycles. The van der Waals surface area contributed by atoms with Crippen LogP contribution in [0.2, 0.25) is 0 Å². The first kappa shape index (κ1) is 18.8. The number of anilines is 1. The number of aromatic nitrogens is 2. The van der Waals surface area contributed by atoms with Gasteiger partial charge in [0, 0.05) is 23.7 Å². The molecule has 1 aliphatic rings. The fraction of sp³-hybridized carbons (Fsp3) is 0.375. The van der Waals surface area contributed by atoms with E-state index in [9.17, 15) is 4.79 Å². The Balaban J connectivity index is 0.00000208. The fourth-order valence-corrected chi connectivity index (χ4v) is 3.39. The maximum atomic E-state index is 12.4. The van der Waals surface area contributed by atoms with Crippen LogP contribution >= 0.6 is 24.2 Å². The highest BCUT2D eigenvalue weighted by Crippen LogP contribution is 2.36. The largest absolute Gasteiger partial charge is 0.366 e. The van der Waals surface area contributed by atoms with Crippen LogP contribution < -0.4 is 10.6 Å². The number of nitrogens with zero attached hydrogens (tertiary/aromatic N) is 1. The monoisotopic (exact) mass is 368 g/mol. The number of carbonyl (C=O) groups excluding carboxylic acids is 1. The van der Waals surface area contributed by atoms with Gasteiger partial charge in [-0.25, -0.2) is 0 Å². The number of aromatic amines is 1. The van der Waals surface area contributed by atoms with Gasteiger partial charge in [0.2, 0.25) is 0 Å². The molecule has 1 fully saturated rings. The number of morpholine rings is 1. The highest BCUT2D eigenvalue weighted by molar-refractivity contribution is 7.99. The van der Waals surface area contributed by atoms with Crippen LogP contribution in [0.3, 0.4) is 0 Å². The van der Waals surface area contributed by atoms with Gasteiger partial charge < -0.3 is 15.4 Å². The van der Waals surface area contributed by atoms with Gasteiger partial charge in [0.15, 0.2) is 0 Å². The lowest BCUT2D eigenvalue weighted by Crippen LogP contribution is -2.45. The molecule has 6 nitrogen and oxygen atoms in total. The molecule has 1 saturated heterocycles. The molecule has 3 rings (SSSR count). The maximum Gasteiger partial charge on any atom is 0.254 e. The van der Waals surface area contributed by atoms with Crippen LogP contribution in [0.4, 0.5) is 5.69 Å². The first-order chi connectivity index (χ1) is 11.1. The number of benzene rings is 1. The maximum absolute atomic E-state index is 12.4. The van der Waals surface area contributed by atoms with Crippen LogP contribution in [-0.2, 0) is 9.53 Å². The molecule has 2 aromatic rings. The molecule has 0 bridgehead atoms. The Morgan fingerprint density at radius 1 is 1.38 bits per heavy atom. The summed E-state index contributed by atoms with van der Waals surface area (Å²) in [6, 6.07) is 7.77. The molecule has 24 heavy (non-hydrogen) atoms. The highest BCUT2D eigenvalue weighted by atomic mass is 35.5. The Kier molecular flexibility index (Phi) is 6.68. The number of halogens is 1. The molecule has 1 amide bonds. The normalized spacial score (nSPS) is 17.2. The zero-order chi connectivity index (χ0) is 16.2. The Labute approximate surface area is 151 Å². The van der Waals surface area contributed by atoms with Crippen molar-refractivity contribution in [2.75, 3.05) is 25.0 Å². The van der Waals surface area contributed by atoms with Crippen molar-refractivity contribution in [1.82, 2.24) is 15.5 Å². The van der Waals surface area contributed by atoms with Gasteiger partial charge >= 0.3 is 0 Å². The quantitative estimate of drug-likeness (QED) is 0.772. The summed E-state index contributed by atoms with van der Waals surface area (Å²) in [7, 11) is 0. The van der Waals surface area contributed by atoms with Crippen molar-refractivity contribution >= 4 is 35.8 Å². The molecule has 130 valence electrons. The number of para-hydroxylation sites is 1. The summed E-state index contributed by atoms with van der Waals surface area (Å²) in [6.45, 7) is 5.85. The number of ether oxygens (including phenoxy) is 1. The summed E-state index contributed by atoms with van der Waals surface area (Å²) in [4.78, 5) is 14.4. The zero-order valence-corrected chi connectivity index (χ0v) is 15.2. The van der Waals surface area contributed by atoms with Crippen molar-refractivity contribution in [2.45, 2.75) is 29.7 Å². The number of rotatable bonds is 4. The molecular weight excluding hydrogens is 348 g/mol. The van der Waals surface area contributed by atoms with Gasteiger partial charge in [0.05, 0.1) is 22.9 Å². The van der Waals surface area contributed by atoms with Crippen molar-refractivity contribution in [3.63, 3.8) is 0 Å². The van der Waals surface area contributed by atoms with E-state index in [0.29, 0.717) is 13.2 Å². The summed E-state index contributed by atoms with van der Waals surface area (Å²) >= 11 is 1.60. The van der Waals surface area contributed by atoms with Crippen LogP contribution in [0.25, 0.3) is 0 Å². The van der Waals surface area contributed by atoms with Crippen LogP contribution in [0.1, 0.15) is 11.4 Å². The van der Waals surface area contributed by atoms with Crippen molar-refractivity contribution in [1.29, 1.82) is 0 Å². The average molecular weight is 369 g/mol. The molecule has 1 aromatic heterocycles. The number of aryl methyl sites for hydroxylation is 2. The fourth-order valence-electron chi connectivity index (χ4n) is 2.41. The standard InChI is InChI=1S/C16H20N4O2S.ClH/c1-10-15(11(2)20-19-10)23-14-6-4-3-5-12(14)18-16(21)13-9-17-7-8-22-13;/h3-6,13,17H,7-9H2,1-2H3,(H,18,21)(H,19,20);1H. The molecule has 0 radical (unpaired) electrons. The van der Waals surface area contributed by atoms with Gasteiger partial charge in [-0.15, -0.1) is 12.4 Å². The van der Waals surface area contributed by atoms with Gasteiger partial charge in [-0.3, -0.25) is 9.89 Å². The van der Waals surface area contributed by atoms with E-state index in [2.05, 4.69) is 20.8 Å². The molecule has 0 saturated carbocycles. The van der Waals surface area contributed by atoms with Crippen LogP contribution in [-0.4, -0.2) is 41.9 Å². The number of amides is 1. The Morgan fingerprint density at radius 2 is 2.17 bits per heavy atom. The molecule has 1 aromatic carbocycles. The minimum Gasteiger partial charge on any atom is -0.366 e. The van der Waals surface area contributed by atoms with Crippen molar-refractivity contribution in [2.24, 2.45) is 0 Å². The Morgan fingerprint density at radius 3 is 2.83 bits per heavy atom. The van der Waals surface area contributed by atoms with Gasteiger partial charge in [0.25, 0.3) is 5.91 Å². The summed E-state index contributed by atoms with van der Waals surface area (Å²) in [5, 5.41) is 13.3. The van der Waals surface area contributed by atoms with E-state index in [1.54, 1.807) is 11.8 Å². The second-order valence-electron chi connectivity index (χ2n) is 5.41.